The lowest BCUT2D eigenvalue weighted by Crippen LogP contribution is -2.35. The number of nitrogens with zero attached hydrogens (tertiary/aromatic N) is 2. The van der Waals surface area contributed by atoms with Crippen LogP contribution in [0.3, 0.4) is 0 Å². The van der Waals surface area contributed by atoms with Gasteiger partial charge in [0.1, 0.15) is 0 Å². The lowest BCUT2D eigenvalue weighted by Gasteiger charge is -2.17. The van der Waals surface area contributed by atoms with Crippen LogP contribution in [-0.4, -0.2) is 22.1 Å². The predicted octanol–water partition coefficient (Wildman–Crippen LogP) is 2.93. The van der Waals surface area contributed by atoms with Crippen LogP contribution in [0.5, 0.6) is 0 Å². The molecule has 100 valence electrons. The number of aromatic nitrogens is 1. The standard InChI is InChI=1S/C13H15BrN4O/c1-2-10(13(15)18-19)17-11-5-3-4-8-6-9(14)7-16-12(8)11/h3-7,10,17,19H,2H2,1H3,(H2,15,18). The van der Waals surface area contributed by atoms with Gasteiger partial charge in [0.25, 0.3) is 0 Å². The van der Waals surface area contributed by atoms with E-state index >= 15 is 0 Å². The van der Waals surface area contributed by atoms with Crippen LogP contribution in [0.1, 0.15) is 13.3 Å². The molecule has 0 amide bonds. The van der Waals surface area contributed by atoms with E-state index in [0.29, 0.717) is 6.42 Å². The molecule has 0 aliphatic rings. The van der Waals surface area contributed by atoms with Crippen molar-refractivity contribution >= 4 is 38.4 Å². The number of pyridine rings is 1. The van der Waals surface area contributed by atoms with Gasteiger partial charge in [-0.15, -0.1) is 0 Å². The summed E-state index contributed by atoms with van der Waals surface area (Å²) >= 11 is 3.40. The molecule has 1 atom stereocenters. The number of halogens is 1. The zero-order chi connectivity index (χ0) is 13.8. The van der Waals surface area contributed by atoms with Gasteiger partial charge in [0.05, 0.1) is 17.2 Å². The molecule has 4 N–H and O–H groups in total. The minimum absolute atomic E-state index is 0.164. The summed E-state index contributed by atoms with van der Waals surface area (Å²) < 4.78 is 0.931. The molecule has 0 saturated carbocycles. The third-order valence-corrected chi connectivity index (χ3v) is 3.32. The van der Waals surface area contributed by atoms with Gasteiger partial charge in [0.2, 0.25) is 0 Å². The molecule has 1 unspecified atom stereocenters. The number of oxime groups is 1. The second-order valence-corrected chi connectivity index (χ2v) is 5.08. The number of amidine groups is 1. The Balaban J connectivity index is 2.40. The van der Waals surface area contributed by atoms with E-state index in [-0.39, 0.29) is 11.9 Å². The number of benzene rings is 1. The Hall–Kier alpha value is -1.82. The van der Waals surface area contributed by atoms with Crippen LogP contribution in [-0.2, 0) is 0 Å². The Labute approximate surface area is 119 Å². The predicted molar refractivity (Wildman–Crippen MR) is 80.6 cm³/mol. The molecule has 2 rings (SSSR count). The number of rotatable bonds is 4. The third kappa shape index (κ3) is 2.96. The molecule has 0 spiro atoms. The van der Waals surface area contributed by atoms with Gasteiger partial charge in [-0.25, -0.2) is 0 Å². The summed E-state index contributed by atoms with van der Waals surface area (Å²) in [6.07, 6.45) is 2.46. The second-order valence-electron chi connectivity index (χ2n) is 4.16. The third-order valence-electron chi connectivity index (χ3n) is 2.89. The average Bonchev–Trinajstić information content (AvgIpc) is 2.43. The molecule has 1 heterocycles. The molecule has 0 fully saturated rings. The summed E-state index contributed by atoms with van der Waals surface area (Å²) in [6, 6.07) is 7.63. The molecule has 0 saturated heterocycles. The van der Waals surface area contributed by atoms with Crippen molar-refractivity contribution in [3.63, 3.8) is 0 Å². The molecular weight excluding hydrogens is 308 g/mol. The zero-order valence-electron chi connectivity index (χ0n) is 10.5. The van der Waals surface area contributed by atoms with Gasteiger partial charge in [-0.1, -0.05) is 24.2 Å². The van der Waals surface area contributed by atoms with Crippen molar-refractivity contribution in [2.75, 3.05) is 5.32 Å². The average molecular weight is 323 g/mol. The SMILES string of the molecule is CCC(Nc1cccc2cc(Br)cnc12)/C(N)=N/O. The monoisotopic (exact) mass is 322 g/mol. The highest BCUT2D eigenvalue weighted by atomic mass is 79.9. The molecule has 5 nitrogen and oxygen atoms in total. The molecule has 2 aromatic rings. The Morgan fingerprint density at radius 2 is 2.37 bits per heavy atom. The summed E-state index contributed by atoms with van der Waals surface area (Å²) in [5.41, 5.74) is 7.37. The maximum atomic E-state index is 8.77. The van der Waals surface area contributed by atoms with Gasteiger partial charge in [0, 0.05) is 16.1 Å². The van der Waals surface area contributed by atoms with E-state index < -0.39 is 0 Å². The van der Waals surface area contributed by atoms with Gasteiger partial charge in [-0.2, -0.15) is 0 Å². The number of anilines is 1. The van der Waals surface area contributed by atoms with Crippen LogP contribution in [0, 0.1) is 0 Å². The van der Waals surface area contributed by atoms with Crippen LogP contribution in [0.25, 0.3) is 10.9 Å². The van der Waals surface area contributed by atoms with Crippen molar-refractivity contribution in [1.29, 1.82) is 0 Å². The first-order valence-corrected chi connectivity index (χ1v) is 6.73. The van der Waals surface area contributed by atoms with E-state index in [2.05, 4.69) is 31.4 Å². The summed E-state index contributed by atoms with van der Waals surface area (Å²) in [6.45, 7) is 1.96. The highest BCUT2D eigenvalue weighted by Crippen LogP contribution is 2.24. The van der Waals surface area contributed by atoms with Crippen LogP contribution in [0.4, 0.5) is 5.69 Å². The molecule has 0 aliphatic heterocycles. The van der Waals surface area contributed by atoms with E-state index in [4.69, 9.17) is 10.9 Å². The van der Waals surface area contributed by atoms with E-state index in [9.17, 15) is 0 Å². The molecule has 1 aromatic carbocycles. The quantitative estimate of drug-likeness (QED) is 0.350. The largest absolute Gasteiger partial charge is 0.409 e. The maximum absolute atomic E-state index is 8.77. The van der Waals surface area contributed by atoms with Crippen molar-refractivity contribution in [3.05, 3.63) is 34.9 Å². The summed E-state index contributed by atoms with van der Waals surface area (Å²) in [4.78, 5) is 4.40. The summed E-state index contributed by atoms with van der Waals surface area (Å²) in [5.74, 6) is 0.164. The summed E-state index contributed by atoms with van der Waals surface area (Å²) in [5, 5.41) is 16.1. The molecule has 19 heavy (non-hydrogen) atoms. The highest BCUT2D eigenvalue weighted by Gasteiger charge is 2.13. The zero-order valence-corrected chi connectivity index (χ0v) is 12.1. The maximum Gasteiger partial charge on any atom is 0.161 e. The lowest BCUT2D eigenvalue weighted by atomic mass is 10.1. The molecule has 0 bridgehead atoms. The van der Waals surface area contributed by atoms with E-state index in [1.807, 2.05) is 31.2 Å². The van der Waals surface area contributed by atoms with Gasteiger partial charge >= 0.3 is 0 Å². The molecular formula is C13H15BrN4O. The fraction of sp³-hybridized carbons (Fsp3) is 0.231. The van der Waals surface area contributed by atoms with Crippen LogP contribution >= 0.6 is 15.9 Å². The Morgan fingerprint density at radius 1 is 1.58 bits per heavy atom. The first-order chi connectivity index (χ1) is 9.15. The molecule has 6 heteroatoms. The fourth-order valence-corrected chi connectivity index (χ4v) is 2.24. The molecule has 0 aliphatic carbocycles. The Morgan fingerprint density at radius 3 is 3.05 bits per heavy atom. The minimum atomic E-state index is -0.221. The number of fused-ring (bicyclic) bond motifs is 1. The first-order valence-electron chi connectivity index (χ1n) is 5.94. The lowest BCUT2D eigenvalue weighted by molar-refractivity contribution is 0.316. The fourth-order valence-electron chi connectivity index (χ4n) is 1.89. The van der Waals surface area contributed by atoms with Crippen LogP contribution in [0.2, 0.25) is 0 Å². The second kappa shape index (κ2) is 5.88. The topological polar surface area (TPSA) is 83.5 Å². The van der Waals surface area contributed by atoms with Crippen LogP contribution < -0.4 is 11.1 Å². The first kappa shape index (κ1) is 13.6. The normalized spacial score (nSPS) is 13.5. The van der Waals surface area contributed by atoms with Crippen molar-refractivity contribution < 1.29 is 5.21 Å². The smallest absolute Gasteiger partial charge is 0.161 e. The van der Waals surface area contributed by atoms with Crippen LogP contribution in [0.15, 0.2) is 40.1 Å². The van der Waals surface area contributed by atoms with Crippen molar-refractivity contribution in [1.82, 2.24) is 4.98 Å². The number of nitrogens with two attached hydrogens (primary N) is 1. The Kier molecular flexibility index (Phi) is 4.21. The molecule has 0 radical (unpaired) electrons. The van der Waals surface area contributed by atoms with E-state index in [1.165, 1.54) is 0 Å². The minimum Gasteiger partial charge on any atom is -0.409 e. The van der Waals surface area contributed by atoms with E-state index in [0.717, 1.165) is 21.1 Å². The van der Waals surface area contributed by atoms with Gasteiger partial charge in [-0.3, -0.25) is 4.98 Å². The van der Waals surface area contributed by atoms with E-state index in [1.54, 1.807) is 6.20 Å². The molecule has 1 aromatic heterocycles. The van der Waals surface area contributed by atoms with Gasteiger partial charge in [-0.05, 0) is 34.5 Å². The number of para-hydroxylation sites is 1. The number of nitrogens with one attached hydrogen (secondary N) is 1. The highest BCUT2D eigenvalue weighted by molar-refractivity contribution is 9.10. The van der Waals surface area contributed by atoms with Crippen molar-refractivity contribution in [3.8, 4) is 0 Å². The van der Waals surface area contributed by atoms with Crippen molar-refractivity contribution in [2.45, 2.75) is 19.4 Å². The number of hydrogen-bond donors (Lipinski definition) is 3. The van der Waals surface area contributed by atoms with Crippen molar-refractivity contribution in [2.24, 2.45) is 10.9 Å². The Bertz CT molecular complexity index is 615. The van der Waals surface area contributed by atoms with Gasteiger partial charge in [0.15, 0.2) is 5.84 Å². The number of hydrogen-bond acceptors (Lipinski definition) is 4. The van der Waals surface area contributed by atoms with Gasteiger partial charge < -0.3 is 16.3 Å². The summed E-state index contributed by atoms with van der Waals surface area (Å²) in [7, 11) is 0.